The number of pyridine rings is 1. The van der Waals surface area contributed by atoms with Gasteiger partial charge in [0.1, 0.15) is 11.3 Å². The van der Waals surface area contributed by atoms with Gasteiger partial charge in [0.25, 0.3) is 11.5 Å². The number of amides is 1. The van der Waals surface area contributed by atoms with Gasteiger partial charge < -0.3 is 10.3 Å². The number of anilines is 1. The molecule has 0 aliphatic heterocycles. The molecule has 0 atom stereocenters. The van der Waals surface area contributed by atoms with Gasteiger partial charge in [-0.15, -0.1) is 11.8 Å². The number of hydrogen-bond acceptors (Lipinski definition) is 3. The average molecular weight is 328 g/mol. The maximum Gasteiger partial charge on any atom is 0.431 e. The highest BCUT2D eigenvalue weighted by Gasteiger charge is 2.32. The van der Waals surface area contributed by atoms with Crippen LogP contribution in [0.15, 0.2) is 46.1 Å². The summed E-state index contributed by atoms with van der Waals surface area (Å²) in [5.74, 6) is -0.770. The Hall–Kier alpha value is -2.22. The topological polar surface area (TPSA) is 62.0 Å². The van der Waals surface area contributed by atoms with Gasteiger partial charge in [0.2, 0.25) is 0 Å². The molecule has 0 fully saturated rings. The molecule has 8 heteroatoms. The molecular weight excluding hydrogens is 317 g/mol. The first-order chi connectivity index (χ1) is 10.3. The molecule has 1 amide bonds. The summed E-state index contributed by atoms with van der Waals surface area (Å²) >= 11 is 1.47. The number of rotatable bonds is 3. The van der Waals surface area contributed by atoms with Crippen molar-refractivity contribution in [3.63, 3.8) is 0 Å². The van der Waals surface area contributed by atoms with Gasteiger partial charge in [-0.05, 0) is 36.6 Å². The Labute approximate surface area is 127 Å². The van der Waals surface area contributed by atoms with E-state index in [2.05, 4.69) is 5.32 Å². The van der Waals surface area contributed by atoms with Crippen LogP contribution in [-0.4, -0.2) is 17.1 Å². The number of H-pyrrole nitrogens is 1. The van der Waals surface area contributed by atoms with E-state index in [1.54, 1.807) is 23.2 Å². The van der Waals surface area contributed by atoms with Crippen LogP contribution in [0.5, 0.6) is 0 Å². The third-order valence-electron chi connectivity index (χ3n) is 2.79. The lowest BCUT2D eigenvalue weighted by atomic mass is 10.2. The maximum atomic E-state index is 12.5. The summed E-state index contributed by atoms with van der Waals surface area (Å²) < 4.78 is 37.4. The zero-order chi connectivity index (χ0) is 16.3. The highest BCUT2D eigenvalue weighted by molar-refractivity contribution is 7.98. The van der Waals surface area contributed by atoms with Gasteiger partial charge >= 0.3 is 6.18 Å². The number of halogens is 3. The summed E-state index contributed by atoms with van der Waals surface area (Å²) in [7, 11) is 0. The van der Waals surface area contributed by atoms with E-state index in [0.717, 1.165) is 11.0 Å². The van der Waals surface area contributed by atoms with Crippen molar-refractivity contribution < 1.29 is 18.0 Å². The number of benzene rings is 1. The van der Waals surface area contributed by atoms with E-state index in [-0.39, 0.29) is 5.56 Å². The number of aromatic nitrogens is 1. The van der Waals surface area contributed by atoms with Gasteiger partial charge in [-0.1, -0.05) is 6.07 Å². The molecule has 0 bridgehead atoms. The van der Waals surface area contributed by atoms with Crippen LogP contribution < -0.4 is 10.9 Å². The van der Waals surface area contributed by atoms with Gasteiger partial charge in [0.15, 0.2) is 0 Å². The van der Waals surface area contributed by atoms with Gasteiger partial charge in [0, 0.05) is 10.6 Å². The van der Waals surface area contributed by atoms with Crippen LogP contribution in [0.25, 0.3) is 0 Å². The second-order valence-corrected chi connectivity index (χ2v) is 5.18. The van der Waals surface area contributed by atoms with Crippen molar-refractivity contribution >= 4 is 23.4 Å². The van der Waals surface area contributed by atoms with Crippen molar-refractivity contribution in [1.82, 2.24) is 4.98 Å². The monoisotopic (exact) mass is 328 g/mol. The summed E-state index contributed by atoms with van der Waals surface area (Å²) in [4.78, 5) is 26.2. The number of nitrogens with one attached hydrogen (secondary N) is 2. The fourth-order valence-corrected chi connectivity index (χ4v) is 2.18. The molecule has 2 N–H and O–H groups in total. The quantitative estimate of drug-likeness (QED) is 0.849. The standard InChI is InChI=1S/C14H11F3N2O2S/c1-22-9-4-2-3-8(7-9)18-12(20)10-5-6-11(14(15,16)17)19-13(10)21/h2-7H,1H3,(H,18,20)(H,19,21). The van der Waals surface area contributed by atoms with Crippen LogP contribution in [0.1, 0.15) is 16.1 Å². The molecule has 0 radical (unpaired) electrons. The molecule has 0 aliphatic rings. The van der Waals surface area contributed by atoms with E-state index in [1.165, 1.54) is 11.8 Å². The van der Waals surface area contributed by atoms with Crippen molar-refractivity contribution in [3.05, 3.63) is 58.0 Å². The molecule has 0 spiro atoms. The largest absolute Gasteiger partial charge is 0.431 e. The van der Waals surface area contributed by atoms with Crippen LogP contribution in [0.3, 0.4) is 0 Å². The Bertz CT molecular complexity index is 756. The molecule has 1 aromatic heterocycles. The van der Waals surface area contributed by atoms with E-state index < -0.39 is 23.3 Å². The van der Waals surface area contributed by atoms with Crippen LogP contribution >= 0.6 is 11.8 Å². The zero-order valence-corrected chi connectivity index (χ0v) is 12.1. The predicted octanol–water partition coefficient (Wildman–Crippen LogP) is 3.37. The van der Waals surface area contributed by atoms with E-state index in [9.17, 15) is 22.8 Å². The Balaban J connectivity index is 2.25. The maximum absolute atomic E-state index is 12.5. The summed E-state index contributed by atoms with van der Waals surface area (Å²) in [5.41, 5.74) is -2.22. The predicted molar refractivity (Wildman–Crippen MR) is 78.2 cm³/mol. The molecule has 22 heavy (non-hydrogen) atoms. The molecule has 2 rings (SSSR count). The molecule has 2 aromatic rings. The second-order valence-electron chi connectivity index (χ2n) is 4.30. The lowest BCUT2D eigenvalue weighted by molar-refractivity contribution is -0.141. The molecule has 1 heterocycles. The van der Waals surface area contributed by atoms with Gasteiger partial charge in [-0.3, -0.25) is 9.59 Å². The minimum atomic E-state index is -4.67. The number of aromatic amines is 1. The summed E-state index contributed by atoms with van der Waals surface area (Å²) in [6.45, 7) is 0. The van der Waals surface area contributed by atoms with Gasteiger partial charge in [-0.2, -0.15) is 13.2 Å². The van der Waals surface area contributed by atoms with E-state index in [1.807, 2.05) is 12.3 Å². The van der Waals surface area contributed by atoms with Crippen molar-refractivity contribution in [2.24, 2.45) is 0 Å². The molecule has 0 saturated heterocycles. The highest BCUT2D eigenvalue weighted by Crippen LogP contribution is 2.26. The first-order valence-corrected chi connectivity index (χ1v) is 7.29. The van der Waals surface area contributed by atoms with E-state index in [4.69, 9.17) is 0 Å². The van der Waals surface area contributed by atoms with Crippen molar-refractivity contribution in [2.75, 3.05) is 11.6 Å². The van der Waals surface area contributed by atoms with Crippen molar-refractivity contribution in [3.8, 4) is 0 Å². The minimum absolute atomic E-state index is 0.387. The summed E-state index contributed by atoms with van der Waals surface area (Å²) in [5, 5.41) is 2.48. The smallest absolute Gasteiger partial charge is 0.322 e. The second kappa shape index (κ2) is 6.27. The lowest BCUT2D eigenvalue weighted by Gasteiger charge is -2.08. The molecule has 1 aromatic carbocycles. The van der Waals surface area contributed by atoms with Crippen LogP contribution in [0.2, 0.25) is 0 Å². The van der Waals surface area contributed by atoms with Gasteiger partial charge in [-0.25, -0.2) is 0 Å². The zero-order valence-electron chi connectivity index (χ0n) is 11.3. The number of carbonyl (C=O) groups is 1. The Kier molecular flexibility index (Phi) is 4.60. The Morgan fingerprint density at radius 2 is 1.95 bits per heavy atom. The molecule has 0 saturated carbocycles. The number of carbonyl (C=O) groups excluding carboxylic acids is 1. The first-order valence-electron chi connectivity index (χ1n) is 6.07. The van der Waals surface area contributed by atoms with Crippen molar-refractivity contribution in [1.29, 1.82) is 0 Å². The first kappa shape index (κ1) is 16.2. The number of thioether (sulfide) groups is 1. The molecule has 0 unspecified atom stereocenters. The summed E-state index contributed by atoms with van der Waals surface area (Å²) in [6, 6.07) is 8.39. The van der Waals surface area contributed by atoms with E-state index in [0.29, 0.717) is 11.8 Å². The lowest BCUT2D eigenvalue weighted by Crippen LogP contribution is -2.25. The third-order valence-corrected chi connectivity index (χ3v) is 3.51. The van der Waals surface area contributed by atoms with Gasteiger partial charge in [0.05, 0.1) is 0 Å². The van der Waals surface area contributed by atoms with Crippen LogP contribution in [-0.2, 0) is 6.18 Å². The fourth-order valence-electron chi connectivity index (χ4n) is 1.72. The molecule has 0 aliphatic carbocycles. The van der Waals surface area contributed by atoms with Crippen LogP contribution in [0.4, 0.5) is 18.9 Å². The highest BCUT2D eigenvalue weighted by atomic mass is 32.2. The number of hydrogen-bond donors (Lipinski definition) is 2. The summed E-state index contributed by atoms with van der Waals surface area (Å²) in [6.07, 6.45) is -2.80. The SMILES string of the molecule is CSc1cccc(NC(=O)c2ccc(C(F)(F)F)[nH]c2=O)c1. The normalized spacial score (nSPS) is 11.3. The fraction of sp³-hybridized carbons (Fsp3) is 0.143. The number of alkyl halides is 3. The Morgan fingerprint density at radius 1 is 1.23 bits per heavy atom. The average Bonchev–Trinajstić information content (AvgIpc) is 2.46. The van der Waals surface area contributed by atoms with Crippen LogP contribution in [0, 0.1) is 0 Å². The third kappa shape index (κ3) is 3.70. The molecule has 4 nitrogen and oxygen atoms in total. The molecule has 116 valence electrons. The minimum Gasteiger partial charge on any atom is -0.322 e. The Morgan fingerprint density at radius 3 is 2.55 bits per heavy atom. The molecular formula is C14H11F3N2O2S. The van der Waals surface area contributed by atoms with E-state index >= 15 is 0 Å². The van der Waals surface area contributed by atoms with Crippen molar-refractivity contribution in [2.45, 2.75) is 11.1 Å².